The summed E-state index contributed by atoms with van der Waals surface area (Å²) >= 11 is 0. The van der Waals surface area contributed by atoms with Gasteiger partial charge >= 0.3 is 0 Å². The van der Waals surface area contributed by atoms with E-state index < -0.39 is 0 Å². The van der Waals surface area contributed by atoms with Crippen LogP contribution in [0.4, 0.5) is 0 Å². The number of likely N-dealkylation sites (N-methyl/N-ethyl adjacent to an activating group) is 1. The summed E-state index contributed by atoms with van der Waals surface area (Å²) in [6, 6.07) is 3.84. The van der Waals surface area contributed by atoms with Gasteiger partial charge in [0.2, 0.25) is 5.91 Å². The van der Waals surface area contributed by atoms with Crippen LogP contribution in [0.2, 0.25) is 0 Å². The van der Waals surface area contributed by atoms with E-state index in [0.717, 1.165) is 5.56 Å². The van der Waals surface area contributed by atoms with Gasteiger partial charge in [-0.15, -0.1) is 0 Å². The molecule has 2 atom stereocenters. The molecule has 1 heterocycles. The normalized spacial score (nSPS) is 14.2. The van der Waals surface area contributed by atoms with E-state index in [-0.39, 0.29) is 18.0 Å². The molecular formula is C12H19N3O. The Morgan fingerprint density at radius 3 is 2.56 bits per heavy atom. The van der Waals surface area contributed by atoms with Crippen LogP contribution in [0.25, 0.3) is 0 Å². The number of nitrogens with zero attached hydrogens (tertiary/aromatic N) is 1. The van der Waals surface area contributed by atoms with Gasteiger partial charge in [0.1, 0.15) is 0 Å². The van der Waals surface area contributed by atoms with Crippen LogP contribution in [0.15, 0.2) is 24.5 Å². The molecule has 4 nitrogen and oxygen atoms in total. The van der Waals surface area contributed by atoms with Gasteiger partial charge in [0.25, 0.3) is 0 Å². The van der Waals surface area contributed by atoms with Crippen molar-refractivity contribution in [2.45, 2.75) is 32.9 Å². The molecule has 0 spiro atoms. The van der Waals surface area contributed by atoms with Crippen LogP contribution in [0.1, 0.15) is 32.4 Å². The topological polar surface area (TPSA) is 54.0 Å². The fourth-order valence-electron chi connectivity index (χ4n) is 1.53. The Morgan fingerprint density at radius 1 is 1.38 bits per heavy atom. The van der Waals surface area contributed by atoms with Gasteiger partial charge in [-0.1, -0.05) is 0 Å². The van der Waals surface area contributed by atoms with Crippen LogP contribution in [0.5, 0.6) is 0 Å². The summed E-state index contributed by atoms with van der Waals surface area (Å²) in [4.78, 5) is 15.5. The highest BCUT2D eigenvalue weighted by atomic mass is 16.2. The summed E-state index contributed by atoms with van der Waals surface area (Å²) < 4.78 is 0. The lowest BCUT2D eigenvalue weighted by molar-refractivity contribution is -0.122. The smallest absolute Gasteiger partial charge is 0.236 e. The lowest BCUT2D eigenvalue weighted by atomic mass is 10.1. The lowest BCUT2D eigenvalue weighted by Crippen LogP contribution is -2.43. The zero-order valence-corrected chi connectivity index (χ0v) is 10.0. The van der Waals surface area contributed by atoms with Crippen molar-refractivity contribution in [2.24, 2.45) is 0 Å². The second-order valence-electron chi connectivity index (χ2n) is 3.79. The van der Waals surface area contributed by atoms with Gasteiger partial charge in [0.15, 0.2) is 0 Å². The number of aromatic nitrogens is 1. The number of carbonyl (C=O) groups excluding carboxylic acids is 1. The highest BCUT2D eigenvalue weighted by molar-refractivity contribution is 5.81. The van der Waals surface area contributed by atoms with Crippen LogP contribution in [0.3, 0.4) is 0 Å². The van der Waals surface area contributed by atoms with E-state index in [1.807, 2.05) is 32.9 Å². The summed E-state index contributed by atoms with van der Waals surface area (Å²) in [6.45, 7) is 6.47. The molecule has 0 aliphatic carbocycles. The van der Waals surface area contributed by atoms with Gasteiger partial charge < -0.3 is 5.32 Å². The van der Waals surface area contributed by atoms with Gasteiger partial charge in [-0.25, -0.2) is 0 Å². The van der Waals surface area contributed by atoms with Gasteiger partial charge in [-0.3, -0.25) is 15.1 Å². The first-order chi connectivity index (χ1) is 7.65. The molecule has 0 radical (unpaired) electrons. The maximum Gasteiger partial charge on any atom is 0.236 e. The summed E-state index contributed by atoms with van der Waals surface area (Å²) in [7, 11) is 0. The minimum Gasteiger partial charge on any atom is -0.355 e. The zero-order chi connectivity index (χ0) is 12.0. The zero-order valence-electron chi connectivity index (χ0n) is 10.0. The van der Waals surface area contributed by atoms with Crippen molar-refractivity contribution >= 4 is 5.91 Å². The largest absolute Gasteiger partial charge is 0.355 e. The standard InChI is InChI=1S/C12H19N3O/c1-4-14-12(16)10(3)15-9(2)11-5-7-13-8-6-11/h5-10,15H,4H2,1-3H3,(H,14,16)/t9-,10?/m1/s1. The Balaban J connectivity index is 2.51. The molecule has 16 heavy (non-hydrogen) atoms. The van der Waals surface area contributed by atoms with Crippen molar-refractivity contribution in [1.29, 1.82) is 0 Å². The predicted octanol–water partition coefficient (Wildman–Crippen LogP) is 1.26. The summed E-state index contributed by atoms with van der Waals surface area (Å²) in [5.74, 6) is 0.0309. The third-order valence-corrected chi connectivity index (χ3v) is 2.45. The van der Waals surface area contributed by atoms with Crippen LogP contribution in [-0.4, -0.2) is 23.5 Å². The Morgan fingerprint density at radius 2 is 2.00 bits per heavy atom. The van der Waals surface area contributed by atoms with E-state index >= 15 is 0 Å². The first kappa shape index (κ1) is 12.6. The Labute approximate surface area is 96.5 Å². The quantitative estimate of drug-likeness (QED) is 0.787. The summed E-state index contributed by atoms with van der Waals surface area (Å²) in [6.07, 6.45) is 3.51. The van der Waals surface area contributed by atoms with Gasteiger partial charge in [0, 0.05) is 25.0 Å². The van der Waals surface area contributed by atoms with E-state index in [1.165, 1.54) is 0 Å². The number of carbonyl (C=O) groups is 1. The van der Waals surface area contributed by atoms with Crippen molar-refractivity contribution in [3.8, 4) is 0 Å². The Bertz CT molecular complexity index is 326. The molecule has 1 unspecified atom stereocenters. The average molecular weight is 221 g/mol. The predicted molar refractivity (Wildman–Crippen MR) is 63.9 cm³/mol. The number of rotatable bonds is 5. The highest BCUT2D eigenvalue weighted by Gasteiger charge is 2.14. The van der Waals surface area contributed by atoms with E-state index in [2.05, 4.69) is 15.6 Å². The van der Waals surface area contributed by atoms with Crippen molar-refractivity contribution in [3.05, 3.63) is 30.1 Å². The monoisotopic (exact) mass is 221 g/mol. The fraction of sp³-hybridized carbons (Fsp3) is 0.500. The van der Waals surface area contributed by atoms with Crippen molar-refractivity contribution < 1.29 is 4.79 Å². The molecule has 0 fully saturated rings. The highest BCUT2D eigenvalue weighted by Crippen LogP contribution is 2.10. The Hall–Kier alpha value is -1.42. The molecule has 1 aromatic rings. The molecule has 88 valence electrons. The first-order valence-electron chi connectivity index (χ1n) is 5.58. The summed E-state index contributed by atoms with van der Waals surface area (Å²) in [5, 5.41) is 6.03. The van der Waals surface area contributed by atoms with Crippen LogP contribution in [0, 0.1) is 0 Å². The number of nitrogens with one attached hydrogen (secondary N) is 2. The molecule has 0 aromatic carbocycles. The number of hydrogen-bond acceptors (Lipinski definition) is 3. The first-order valence-corrected chi connectivity index (χ1v) is 5.58. The molecule has 0 bridgehead atoms. The van der Waals surface area contributed by atoms with Crippen LogP contribution < -0.4 is 10.6 Å². The van der Waals surface area contributed by atoms with Gasteiger partial charge in [-0.05, 0) is 38.5 Å². The van der Waals surface area contributed by atoms with E-state index in [1.54, 1.807) is 12.4 Å². The second-order valence-corrected chi connectivity index (χ2v) is 3.79. The number of pyridine rings is 1. The maximum atomic E-state index is 11.5. The molecule has 1 rings (SSSR count). The summed E-state index contributed by atoms with van der Waals surface area (Å²) in [5.41, 5.74) is 1.13. The van der Waals surface area contributed by atoms with Crippen molar-refractivity contribution in [1.82, 2.24) is 15.6 Å². The van der Waals surface area contributed by atoms with E-state index in [9.17, 15) is 4.79 Å². The van der Waals surface area contributed by atoms with E-state index in [4.69, 9.17) is 0 Å². The number of amides is 1. The SMILES string of the molecule is CCNC(=O)C(C)N[C@H](C)c1ccncc1. The fourth-order valence-corrected chi connectivity index (χ4v) is 1.53. The molecule has 1 amide bonds. The average Bonchev–Trinajstić information content (AvgIpc) is 2.30. The van der Waals surface area contributed by atoms with Gasteiger partial charge in [0.05, 0.1) is 6.04 Å². The third-order valence-electron chi connectivity index (χ3n) is 2.45. The van der Waals surface area contributed by atoms with Crippen molar-refractivity contribution in [2.75, 3.05) is 6.54 Å². The van der Waals surface area contributed by atoms with Gasteiger partial charge in [-0.2, -0.15) is 0 Å². The van der Waals surface area contributed by atoms with Crippen molar-refractivity contribution in [3.63, 3.8) is 0 Å². The minimum atomic E-state index is -0.192. The third kappa shape index (κ3) is 3.62. The second kappa shape index (κ2) is 6.23. The molecule has 0 aliphatic rings. The molecule has 0 aliphatic heterocycles. The maximum absolute atomic E-state index is 11.5. The number of hydrogen-bond donors (Lipinski definition) is 2. The molecule has 0 saturated carbocycles. The molecule has 4 heteroatoms. The van der Waals surface area contributed by atoms with Crippen LogP contribution >= 0.6 is 0 Å². The molecule has 0 saturated heterocycles. The molecule has 2 N–H and O–H groups in total. The minimum absolute atomic E-state index is 0.0309. The molecular weight excluding hydrogens is 202 g/mol. The lowest BCUT2D eigenvalue weighted by Gasteiger charge is -2.19. The van der Waals surface area contributed by atoms with E-state index in [0.29, 0.717) is 6.54 Å². The molecule has 1 aromatic heterocycles. The Kier molecular flexibility index (Phi) is 4.92. The van der Waals surface area contributed by atoms with Crippen LogP contribution in [-0.2, 0) is 4.79 Å².